The van der Waals surface area contributed by atoms with Crippen molar-refractivity contribution in [1.29, 1.82) is 0 Å². The van der Waals surface area contributed by atoms with Gasteiger partial charge in [0.25, 0.3) is 5.89 Å². The van der Waals surface area contributed by atoms with E-state index in [1.165, 1.54) is 5.56 Å². The number of hydrogen-bond acceptors (Lipinski definition) is 9. The zero-order chi connectivity index (χ0) is 24.5. The van der Waals surface area contributed by atoms with Gasteiger partial charge in [0.2, 0.25) is 12.7 Å². The van der Waals surface area contributed by atoms with E-state index in [9.17, 15) is 5.11 Å². The summed E-state index contributed by atoms with van der Waals surface area (Å²) in [6.45, 7) is 4.88. The monoisotopic (exact) mass is 491 g/mol. The predicted molar refractivity (Wildman–Crippen MR) is 131 cm³/mol. The fourth-order valence-corrected chi connectivity index (χ4v) is 4.91. The summed E-state index contributed by atoms with van der Waals surface area (Å²) in [6.07, 6.45) is 2.14. The van der Waals surface area contributed by atoms with E-state index in [0.29, 0.717) is 54.6 Å². The van der Waals surface area contributed by atoms with Gasteiger partial charge in [-0.1, -0.05) is 19.1 Å². The van der Waals surface area contributed by atoms with Gasteiger partial charge in [-0.3, -0.25) is 0 Å². The summed E-state index contributed by atoms with van der Waals surface area (Å²) in [5, 5.41) is 19.5. The lowest BCUT2D eigenvalue weighted by molar-refractivity contribution is 0.0599. The number of likely N-dealkylation sites (tertiary alicyclic amines) is 1. The van der Waals surface area contributed by atoms with Gasteiger partial charge in [-0.05, 0) is 61.7 Å². The van der Waals surface area contributed by atoms with Crippen LogP contribution >= 0.6 is 0 Å². The number of ether oxygens (including phenoxy) is 3. The number of hydrogen-bond donors (Lipinski definition) is 1. The molecule has 0 radical (unpaired) electrons. The lowest BCUT2D eigenvalue weighted by atomic mass is 9.89. The Bertz CT molecular complexity index is 1340. The second-order valence-corrected chi connectivity index (χ2v) is 9.29. The van der Waals surface area contributed by atoms with Crippen molar-refractivity contribution in [2.45, 2.75) is 38.2 Å². The van der Waals surface area contributed by atoms with Crippen molar-refractivity contribution in [3.63, 3.8) is 0 Å². The second-order valence-electron chi connectivity index (χ2n) is 9.29. The lowest BCUT2D eigenvalue weighted by Gasteiger charge is -2.33. The maximum atomic E-state index is 10.7. The van der Waals surface area contributed by atoms with Crippen molar-refractivity contribution in [3.8, 4) is 28.9 Å². The molecule has 0 amide bonds. The first-order chi connectivity index (χ1) is 17.7. The van der Waals surface area contributed by atoms with Crippen molar-refractivity contribution in [3.05, 3.63) is 53.9 Å². The van der Waals surface area contributed by atoms with Crippen LogP contribution in [-0.2, 0) is 6.42 Å². The number of aliphatic hydroxyl groups is 1. The molecule has 0 spiro atoms. The Morgan fingerprint density at radius 2 is 1.92 bits per heavy atom. The van der Waals surface area contributed by atoms with E-state index in [1.54, 1.807) is 0 Å². The molecule has 0 saturated carbocycles. The molecular formula is C27H29N3O6. The third-order valence-electron chi connectivity index (χ3n) is 6.86. The van der Waals surface area contributed by atoms with Crippen molar-refractivity contribution in [2.75, 3.05) is 33.0 Å². The highest BCUT2D eigenvalue weighted by molar-refractivity contribution is 5.87. The molecule has 9 nitrogen and oxygen atoms in total. The van der Waals surface area contributed by atoms with Gasteiger partial charge in [0.15, 0.2) is 17.3 Å². The van der Waals surface area contributed by atoms with Gasteiger partial charge in [0.05, 0.1) is 5.39 Å². The second kappa shape index (κ2) is 9.83. The van der Waals surface area contributed by atoms with E-state index in [-0.39, 0.29) is 6.61 Å². The number of nitrogens with zero attached hydrogens (tertiary/aromatic N) is 3. The Kier molecular flexibility index (Phi) is 6.25. The lowest BCUT2D eigenvalue weighted by Crippen LogP contribution is -2.40. The van der Waals surface area contributed by atoms with E-state index in [2.05, 4.69) is 27.2 Å². The van der Waals surface area contributed by atoms with Gasteiger partial charge in [-0.25, -0.2) is 0 Å². The zero-order valence-electron chi connectivity index (χ0n) is 20.2. The highest BCUT2D eigenvalue weighted by atomic mass is 16.7. The van der Waals surface area contributed by atoms with Crippen LogP contribution in [0.3, 0.4) is 0 Å². The van der Waals surface area contributed by atoms with E-state index in [0.717, 1.165) is 42.8 Å². The van der Waals surface area contributed by atoms with Crippen molar-refractivity contribution in [1.82, 2.24) is 15.1 Å². The number of furan rings is 1. The molecule has 0 aliphatic carbocycles. The smallest absolute Gasteiger partial charge is 0.283 e. The van der Waals surface area contributed by atoms with Crippen molar-refractivity contribution < 1.29 is 28.2 Å². The molecule has 2 aromatic heterocycles. The Morgan fingerprint density at radius 1 is 1.06 bits per heavy atom. The predicted octanol–water partition coefficient (Wildman–Crippen LogP) is 4.39. The van der Waals surface area contributed by atoms with E-state index in [1.807, 2.05) is 37.3 Å². The third-order valence-corrected chi connectivity index (χ3v) is 6.86. The van der Waals surface area contributed by atoms with Gasteiger partial charge < -0.3 is 33.1 Å². The quantitative estimate of drug-likeness (QED) is 0.384. The molecule has 0 bridgehead atoms. The Morgan fingerprint density at radius 3 is 2.75 bits per heavy atom. The number of aromatic nitrogens is 2. The molecule has 2 aliphatic heterocycles. The Hall–Kier alpha value is -3.56. The topological polar surface area (TPSA) is 103 Å². The van der Waals surface area contributed by atoms with Crippen LogP contribution in [0.5, 0.6) is 17.2 Å². The first kappa shape index (κ1) is 22.9. The van der Waals surface area contributed by atoms with Crippen LogP contribution in [0.25, 0.3) is 22.6 Å². The van der Waals surface area contributed by atoms with E-state index < -0.39 is 6.10 Å². The number of rotatable bonds is 8. The average Bonchev–Trinajstić information content (AvgIpc) is 3.66. The van der Waals surface area contributed by atoms with Crippen molar-refractivity contribution >= 4 is 11.0 Å². The van der Waals surface area contributed by atoms with Crippen molar-refractivity contribution in [2.24, 2.45) is 0 Å². The molecule has 4 heterocycles. The molecule has 36 heavy (non-hydrogen) atoms. The molecule has 2 aliphatic rings. The largest absolute Gasteiger partial charge is 0.490 e. The third kappa shape index (κ3) is 4.64. The normalized spacial score (nSPS) is 17.1. The summed E-state index contributed by atoms with van der Waals surface area (Å²) in [5.41, 5.74) is 1.96. The molecular weight excluding hydrogens is 462 g/mol. The maximum Gasteiger partial charge on any atom is 0.283 e. The molecule has 1 unspecified atom stereocenters. The number of aliphatic hydroxyl groups excluding tert-OH is 1. The molecule has 1 saturated heterocycles. The first-order valence-corrected chi connectivity index (χ1v) is 12.4. The minimum absolute atomic E-state index is 0.197. The van der Waals surface area contributed by atoms with Gasteiger partial charge in [0, 0.05) is 19.0 Å². The minimum Gasteiger partial charge on any atom is -0.490 e. The summed E-state index contributed by atoms with van der Waals surface area (Å²) in [7, 11) is 0. The van der Waals surface area contributed by atoms with E-state index in [4.69, 9.17) is 23.0 Å². The minimum atomic E-state index is -0.600. The summed E-state index contributed by atoms with van der Waals surface area (Å²) >= 11 is 0. The van der Waals surface area contributed by atoms with Gasteiger partial charge in [0.1, 0.15) is 24.0 Å². The fraction of sp³-hybridized carbons (Fsp3) is 0.407. The molecule has 1 fully saturated rings. The Balaban J connectivity index is 1.03. The summed E-state index contributed by atoms with van der Waals surface area (Å²) in [4.78, 5) is 2.30. The highest BCUT2D eigenvalue weighted by Gasteiger charge is 2.24. The van der Waals surface area contributed by atoms with Gasteiger partial charge in [-0.15, -0.1) is 10.2 Å². The molecule has 1 N–H and O–H groups in total. The van der Waals surface area contributed by atoms with Crippen LogP contribution in [0.2, 0.25) is 0 Å². The number of β-amino-alcohol motifs (C(OH)–C–C–N with tert-alkyl or cyclic N) is 1. The average molecular weight is 492 g/mol. The number of benzene rings is 2. The van der Waals surface area contributed by atoms with Gasteiger partial charge >= 0.3 is 0 Å². The van der Waals surface area contributed by atoms with E-state index >= 15 is 0 Å². The van der Waals surface area contributed by atoms with Crippen LogP contribution in [-0.4, -0.2) is 59.3 Å². The van der Waals surface area contributed by atoms with Crippen LogP contribution < -0.4 is 14.2 Å². The van der Waals surface area contributed by atoms with Crippen LogP contribution in [0, 0.1) is 0 Å². The summed E-state index contributed by atoms with van der Waals surface area (Å²) < 4.78 is 28.5. The molecule has 4 aromatic rings. The molecule has 2 aromatic carbocycles. The number of fused-ring (bicyclic) bond motifs is 2. The SMILES string of the molecule is CCc1nnc(-c2cc3c(OCC(O)CN4CCC(c5ccc6c(c5)OCO6)CC4)cccc3o2)o1. The fourth-order valence-electron chi connectivity index (χ4n) is 4.91. The standard InChI is InChI=1S/C27H29N3O6/c1-2-26-28-29-27(36-26)25-13-20-21(4-3-5-22(20)35-25)32-15-19(31)14-30-10-8-17(9-11-30)18-6-7-23-24(12-18)34-16-33-23/h3-7,12-13,17,19,31H,2,8-11,14-16H2,1H3. The molecule has 188 valence electrons. The summed E-state index contributed by atoms with van der Waals surface area (Å²) in [6, 6.07) is 13.7. The number of aryl methyl sites for hydroxylation is 1. The van der Waals surface area contributed by atoms with Crippen LogP contribution in [0.4, 0.5) is 0 Å². The summed E-state index contributed by atoms with van der Waals surface area (Å²) in [5.74, 6) is 4.21. The zero-order valence-corrected chi connectivity index (χ0v) is 20.2. The molecule has 6 rings (SSSR count). The highest BCUT2D eigenvalue weighted by Crippen LogP contribution is 2.37. The number of piperidine rings is 1. The molecule has 1 atom stereocenters. The Labute approximate surface area is 208 Å². The molecule has 9 heteroatoms. The first-order valence-electron chi connectivity index (χ1n) is 12.4. The maximum absolute atomic E-state index is 10.7. The van der Waals surface area contributed by atoms with Crippen LogP contribution in [0.15, 0.2) is 51.3 Å². The van der Waals surface area contributed by atoms with Crippen LogP contribution in [0.1, 0.15) is 37.1 Å². The van der Waals surface area contributed by atoms with Gasteiger partial charge in [-0.2, -0.15) is 0 Å².